The largest absolute Gasteiger partial charge is 0.463 e. The number of ether oxygens (including phenoxy) is 1. The van der Waals surface area contributed by atoms with E-state index in [1.54, 1.807) is 7.11 Å². The van der Waals surface area contributed by atoms with Gasteiger partial charge in [0.05, 0.1) is 6.61 Å². The molecular weight excluding hydrogens is 182 g/mol. The second kappa shape index (κ2) is 4.59. The van der Waals surface area contributed by atoms with Crippen LogP contribution in [-0.2, 0) is 21.6 Å². The lowest BCUT2D eigenvalue weighted by molar-refractivity contribution is 0.0853. The van der Waals surface area contributed by atoms with Gasteiger partial charge in [-0.3, -0.25) is 0 Å². The van der Waals surface area contributed by atoms with Crippen molar-refractivity contribution in [3.63, 3.8) is 0 Å². The Hall–Kier alpha value is -0.840. The van der Waals surface area contributed by atoms with Gasteiger partial charge in [0.2, 0.25) is 0 Å². The first kappa shape index (κ1) is 11.2. The third-order valence-electron chi connectivity index (χ3n) is 2.06. The maximum Gasteiger partial charge on any atom is 0.129 e. The second-order valence-corrected chi connectivity index (χ2v) is 3.89. The van der Waals surface area contributed by atoms with Crippen molar-refractivity contribution in [3.8, 4) is 0 Å². The first-order valence-corrected chi connectivity index (χ1v) is 4.50. The van der Waals surface area contributed by atoms with Crippen LogP contribution in [0.15, 0.2) is 16.5 Å². The van der Waals surface area contributed by atoms with E-state index < -0.39 is 0 Å². The summed E-state index contributed by atoms with van der Waals surface area (Å²) in [5.74, 6) is 6.72. The van der Waals surface area contributed by atoms with Gasteiger partial charge in [-0.1, -0.05) is 13.8 Å². The molecule has 0 saturated carbocycles. The molecule has 1 aromatic rings. The number of rotatable bonds is 5. The van der Waals surface area contributed by atoms with E-state index >= 15 is 0 Å². The fourth-order valence-electron chi connectivity index (χ4n) is 1.24. The van der Waals surface area contributed by atoms with Gasteiger partial charge in [-0.05, 0) is 12.1 Å². The third-order valence-corrected chi connectivity index (χ3v) is 2.06. The van der Waals surface area contributed by atoms with Gasteiger partial charge in [-0.2, -0.15) is 0 Å². The Morgan fingerprint density at radius 3 is 2.71 bits per heavy atom. The van der Waals surface area contributed by atoms with Crippen LogP contribution in [0.2, 0.25) is 0 Å². The predicted molar refractivity (Wildman–Crippen MR) is 52.6 cm³/mol. The molecule has 0 aliphatic rings. The van der Waals surface area contributed by atoms with Crippen molar-refractivity contribution in [3.05, 3.63) is 23.7 Å². The number of hydrogen-bond acceptors (Lipinski definition) is 4. The Labute approximate surface area is 83.9 Å². The Kier molecular flexibility index (Phi) is 3.69. The van der Waals surface area contributed by atoms with Crippen LogP contribution < -0.4 is 5.90 Å². The lowest BCUT2D eigenvalue weighted by atomic mass is 9.92. The van der Waals surface area contributed by atoms with Crippen LogP contribution in [0, 0.1) is 0 Å². The Bertz CT molecular complexity index is 281. The first-order chi connectivity index (χ1) is 6.60. The quantitative estimate of drug-likeness (QED) is 0.732. The summed E-state index contributed by atoms with van der Waals surface area (Å²) in [7, 11) is 1.64. The van der Waals surface area contributed by atoms with Crippen LogP contribution >= 0.6 is 0 Å². The molecule has 4 heteroatoms. The van der Waals surface area contributed by atoms with Gasteiger partial charge in [0, 0.05) is 12.5 Å². The molecule has 0 fully saturated rings. The molecule has 0 saturated heterocycles. The van der Waals surface area contributed by atoms with E-state index in [9.17, 15) is 0 Å². The zero-order chi connectivity index (χ0) is 10.6. The van der Waals surface area contributed by atoms with Crippen molar-refractivity contribution in [1.82, 2.24) is 0 Å². The normalized spacial score (nSPS) is 12.0. The number of hydrogen-bond donors (Lipinski definition) is 1. The molecule has 1 aromatic heterocycles. The van der Waals surface area contributed by atoms with E-state index in [4.69, 9.17) is 15.1 Å². The average molecular weight is 199 g/mol. The van der Waals surface area contributed by atoms with Crippen LogP contribution in [0.3, 0.4) is 0 Å². The van der Waals surface area contributed by atoms with Crippen LogP contribution in [0.1, 0.15) is 25.4 Å². The molecule has 0 bridgehead atoms. The zero-order valence-electron chi connectivity index (χ0n) is 8.87. The molecule has 0 aromatic carbocycles. The third kappa shape index (κ3) is 2.57. The lowest BCUT2D eigenvalue weighted by Crippen LogP contribution is -2.25. The average Bonchev–Trinajstić information content (AvgIpc) is 2.54. The molecule has 1 rings (SSSR count). The summed E-state index contributed by atoms with van der Waals surface area (Å²) >= 11 is 0. The highest BCUT2D eigenvalue weighted by molar-refractivity contribution is 5.15. The maximum absolute atomic E-state index is 5.58. The first-order valence-electron chi connectivity index (χ1n) is 4.50. The molecular formula is C10H17NO3. The molecule has 0 unspecified atom stereocenters. The monoisotopic (exact) mass is 199 g/mol. The standard InChI is InChI=1S/C10H17NO3/c1-10(2,7-13-11)9-5-4-8(14-9)6-12-3/h4-5H,6-7,11H2,1-3H3. The smallest absolute Gasteiger partial charge is 0.129 e. The van der Waals surface area contributed by atoms with Crippen molar-refractivity contribution >= 4 is 0 Å². The molecule has 1 heterocycles. The highest BCUT2D eigenvalue weighted by Crippen LogP contribution is 2.25. The minimum atomic E-state index is -0.208. The highest BCUT2D eigenvalue weighted by Gasteiger charge is 2.24. The van der Waals surface area contributed by atoms with Crippen molar-refractivity contribution in [2.45, 2.75) is 25.9 Å². The van der Waals surface area contributed by atoms with E-state index in [-0.39, 0.29) is 5.41 Å². The van der Waals surface area contributed by atoms with Crippen LogP contribution in [0.5, 0.6) is 0 Å². The minimum absolute atomic E-state index is 0.208. The molecule has 0 spiro atoms. The van der Waals surface area contributed by atoms with E-state index in [0.717, 1.165) is 11.5 Å². The topological polar surface area (TPSA) is 57.6 Å². The van der Waals surface area contributed by atoms with Gasteiger partial charge in [-0.25, -0.2) is 5.90 Å². The van der Waals surface area contributed by atoms with Crippen molar-refractivity contribution in [2.24, 2.45) is 5.90 Å². The number of methoxy groups -OCH3 is 1. The SMILES string of the molecule is COCc1ccc(C(C)(C)CON)o1. The van der Waals surface area contributed by atoms with Crippen LogP contribution in [0.25, 0.3) is 0 Å². The molecule has 0 aliphatic heterocycles. The van der Waals surface area contributed by atoms with Gasteiger partial charge in [0.1, 0.15) is 18.1 Å². The molecule has 2 N–H and O–H groups in total. The highest BCUT2D eigenvalue weighted by atomic mass is 16.6. The minimum Gasteiger partial charge on any atom is -0.463 e. The van der Waals surface area contributed by atoms with Crippen molar-refractivity contribution < 1.29 is 14.0 Å². The Morgan fingerprint density at radius 2 is 2.14 bits per heavy atom. The number of nitrogens with two attached hydrogens (primary N) is 1. The van der Waals surface area contributed by atoms with Gasteiger partial charge >= 0.3 is 0 Å². The second-order valence-electron chi connectivity index (χ2n) is 3.89. The predicted octanol–water partition coefficient (Wildman–Crippen LogP) is 1.59. The summed E-state index contributed by atoms with van der Waals surface area (Å²) in [5, 5.41) is 0. The molecule has 80 valence electrons. The molecule has 4 nitrogen and oxygen atoms in total. The molecule has 0 radical (unpaired) electrons. The van der Waals surface area contributed by atoms with Gasteiger partial charge in [0.15, 0.2) is 0 Å². The number of furan rings is 1. The van der Waals surface area contributed by atoms with Gasteiger partial charge in [-0.15, -0.1) is 0 Å². The fraction of sp³-hybridized carbons (Fsp3) is 0.600. The van der Waals surface area contributed by atoms with Gasteiger partial charge < -0.3 is 14.0 Å². The molecule has 0 amide bonds. The fourth-order valence-corrected chi connectivity index (χ4v) is 1.24. The summed E-state index contributed by atoms with van der Waals surface area (Å²) in [5.41, 5.74) is -0.208. The van der Waals surface area contributed by atoms with Crippen LogP contribution in [-0.4, -0.2) is 13.7 Å². The lowest BCUT2D eigenvalue weighted by Gasteiger charge is -2.19. The summed E-state index contributed by atoms with van der Waals surface area (Å²) < 4.78 is 10.5. The summed E-state index contributed by atoms with van der Waals surface area (Å²) in [6.07, 6.45) is 0. The Balaban J connectivity index is 2.74. The summed E-state index contributed by atoms with van der Waals surface area (Å²) in [6.45, 7) is 4.93. The molecule has 14 heavy (non-hydrogen) atoms. The van der Waals surface area contributed by atoms with Crippen molar-refractivity contribution in [2.75, 3.05) is 13.7 Å². The van der Waals surface area contributed by atoms with Crippen LogP contribution in [0.4, 0.5) is 0 Å². The van der Waals surface area contributed by atoms with Crippen molar-refractivity contribution in [1.29, 1.82) is 0 Å². The maximum atomic E-state index is 5.58. The summed E-state index contributed by atoms with van der Waals surface area (Å²) in [6, 6.07) is 3.82. The van der Waals surface area contributed by atoms with E-state index in [2.05, 4.69) is 4.84 Å². The van der Waals surface area contributed by atoms with E-state index in [1.165, 1.54) is 0 Å². The van der Waals surface area contributed by atoms with Gasteiger partial charge in [0.25, 0.3) is 0 Å². The van der Waals surface area contributed by atoms with E-state index in [1.807, 2.05) is 26.0 Å². The zero-order valence-corrected chi connectivity index (χ0v) is 8.87. The van der Waals surface area contributed by atoms with E-state index in [0.29, 0.717) is 13.2 Å². The molecule has 0 atom stereocenters. The molecule has 0 aliphatic carbocycles. The summed E-state index contributed by atoms with van der Waals surface area (Å²) in [4.78, 5) is 4.64. The Morgan fingerprint density at radius 1 is 1.43 bits per heavy atom.